The number of carbonyl (C=O) groups excluding carboxylic acids is 1. The average Bonchev–Trinajstić information content (AvgIpc) is 3.19. The van der Waals surface area contributed by atoms with E-state index in [9.17, 15) is 4.79 Å². The molecule has 2 fully saturated rings. The molecule has 1 amide bonds. The van der Waals surface area contributed by atoms with Crippen LogP contribution in [0.5, 0.6) is 5.75 Å². The minimum atomic E-state index is 0. The van der Waals surface area contributed by atoms with Gasteiger partial charge in [-0.25, -0.2) is 0 Å². The van der Waals surface area contributed by atoms with Gasteiger partial charge in [-0.1, -0.05) is 11.6 Å². The van der Waals surface area contributed by atoms with Gasteiger partial charge in [-0.3, -0.25) is 4.79 Å². The Balaban J connectivity index is 0.00000176. The molecule has 0 aromatic heterocycles. The molecule has 1 saturated carbocycles. The number of piperidine rings is 1. The van der Waals surface area contributed by atoms with Gasteiger partial charge in [0.05, 0.1) is 6.54 Å². The second kappa shape index (κ2) is 7.53. The lowest BCUT2D eigenvalue weighted by Gasteiger charge is -2.23. The summed E-state index contributed by atoms with van der Waals surface area (Å²) < 4.78 is 5.57. The molecule has 1 aliphatic heterocycles. The number of halogens is 2. The van der Waals surface area contributed by atoms with E-state index in [1.165, 1.54) is 0 Å². The predicted molar refractivity (Wildman–Crippen MR) is 89.8 cm³/mol. The standard InChI is InChI=1S/C16H21ClN2O2.ClH/c17-12-1-3-13(4-2-12)21-10-9-19-15(20)14-11-16(14)5-7-18-8-6-16;/h1-4,14,18H,5-11H2,(H,19,20);1H. The van der Waals surface area contributed by atoms with E-state index in [-0.39, 0.29) is 24.2 Å². The van der Waals surface area contributed by atoms with Crippen LogP contribution < -0.4 is 15.4 Å². The minimum Gasteiger partial charge on any atom is -0.492 e. The number of nitrogens with one attached hydrogen (secondary N) is 2. The lowest BCUT2D eigenvalue weighted by molar-refractivity contribution is -0.123. The first kappa shape index (κ1) is 17.4. The van der Waals surface area contributed by atoms with Gasteiger partial charge in [-0.2, -0.15) is 0 Å². The Morgan fingerprint density at radius 2 is 2.00 bits per heavy atom. The van der Waals surface area contributed by atoms with Gasteiger partial charge < -0.3 is 15.4 Å². The summed E-state index contributed by atoms with van der Waals surface area (Å²) in [5.74, 6) is 1.18. The summed E-state index contributed by atoms with van der Waals surface area (Å²) in [6, 6.07) is 7.24. The van der Waals surface area contributed by atoms with Gasteiger partial charge in [0.2, 0.25) is 5.91 Å². The molecule has 1 saturated heterocycles. The van der Waals surface area contributed by atoms with Crippen molar-refractivity contribution in [2.24, 2.45) is 11.3 Å². The van der Waals surface area contributed by atoms with E-state index in [4.69, 9.17) is 16.3 Å². The summed E-state index contributed by atoms with van der Waals surface area (Å²) in [5.41, 5.74) is 0.298. The Bertz CT molecular complexity index is 501. The van der Waals surface area contributed by atoms with Crippen LogP contribution >= 0.6 is 24.0 Å². The molecule has 2 aliphatic rings. The highest BCUT2D eigenvalue weighted by Crippen LogP contribution is 2.58. The van der Waals surface area contributed by atoms with Crippen molar-refractivity contribution in [1.29, 1.82) is 0 Å². The molecule has 3 rings (SSSR count). The fourth-order valence-corrected chi connectivity index (χ4v) is 3.32. The van der Waals surface area contributed by atoms with Gasteiger partial charge in [-0.15, -0.1) is 12.4 Å². The zero-order valence-electron chi connectivity index (χ0n) is 12.4. The van der Waals surface area contributed by atoms with Crippen LogP contribution in [-0.4, -0.2) is 32.1 Å². The van der Waals surface area contributed by atoms with Crippen molar-refractivity contribution < 1.29 is 9.53 Å². The van der Waals surface area contributed by atoms with Crippen LogP contribution in [0.3, 0.4) is 0 Å². The third-order valence-electron chi connectivity index (χ3n) is 4.59. The highest BCUT2D eigenvalue weighted by molar-refractivity contribution is 6.30. The Labute approximate surface area is 142 Å². The molecule has 1 atom stereocenters. The third kappa shape index (κ3) is 4.06. The van der Waals surface area contributed by atoms with E-state index >= 15 is 0 Å². The molecule has 1 aliphatic carbocycles. The molecule has 1 aromatic rings. The first-order chi connectivity index (χ1) is 10.2. The van der Waals surface area contributed by atoms with Crippen molar-refractivity contribution in [2.75, 3.05) is 26.2 Å². The van der Waals surface area contributed by atoms with Crippen molar-refractivity contribution in [3.05, 3.63) is 29.3 Å². The molecular weight excluding hydrogens is 323 g/mol. The maximum absolute atomic E-state index is 12.1. The van der Waals surface area contributed by atoms with Crippen LogP contribution in [0.1, 0.15) is 19.3 Å². The molecule has 2 N–H and O–H groups in total. The highest BCUT2D eigenvalue weighted by atomic mass is 35.5. The van der Waals surface area contributed by atoms with E-state index in [1.54, 1.807) is 12.1 Å². The van der Waals surface area contributed by atoms with E-state index in [0.717, 1.165) is 38.1 Å². The lowest BCUT2D eigenvalue weighted by Crippen LogP contribution is -2.35. The molecule has 1 heterocycles. The van der Waals surface area contributed by atoms with Crippen molar-refractivity contribution in [2.45, 2.75) is 19.3 Å². The van der Waals surface area contributed by atoms with Crippen molar-refractivity contribution in [1.82, 2.24) is 10.6 Å². The SMILES string of the molecule is Cl.O=C(NCCOc1ccc(Cl)cc1)C1CC12CCNCC2. The van der Waals surface area contributed by atoms with Gasteiger partial charge in [0.1, 0.15) is 12.4 Å². The van der Waals surface area contributed by atoms with Crippen LogP contribution in [0.25, 0.3) is 0 Å². The van der Waals surface area contributed by atoms with Crippen LogP contribution in [0.4, 0.5) is 0 Å². The summed E-state index contributed by atoms with van der Waals surface area (Å²) in [6.45, 7) is 3.12. The van der Waals surface area contributed by atoms with Crippen molar-refractivity contribution >= 4 is 29.9 Å². The fourth-order valence-electron chi connectivity index (χ4n) is 3.19. The summed E-state index contributed by atoms with van der Waals surface area (Å²) in [7, 11) is 0. The van der Waals surface area contributed by atoms with Gasteiger partial charge in [-0.05, 0) is 62.0 Å². The van der Waals surface area contributed by atoms with Crippen molar-refractivity contribution in [3.63, 3.8) is 0 Å². The summed E-state index contributed by atoms with van der Waals surface area (Å²) in [6.07, 6.45) is 3.32. The van der Waals surface area contributed by atoms with Gasteiger partial charge in [0.25, 0.3) is 0 Å². The van der Waals surface area contributed by atoms with Crippen LogP contribution in [0.15, 0.2) is 24.3 Å². The second-order valence-corrected chi connectivity index (χ2v) is 6.40. The quantitative estimate of drug-likeness (QED) is 0.807. The largest absolute Gasteiger partial charge is 0.492 e. The van der Waals surface area contributed by atoms with Crippen LogP contribution in [-0.2, 0) is 4.79 Å². The maximum atomic E-state index is 12.1. The van der Waals surface area contributed by atoms with Gasteiger partial charge >= 0.3 is 0 Å². The highest BCUT2D eigenvalue weighted by Gasteiger charge is 2.57. The zero-order valence-corrected chi connectivity index (χ0v) is 14.0. The molecule has 6 heteroatoms. The van der Waals surface area contributed by atoms with E-state index in [2.05, 4.69) is 10.6 Å². The summed E-state index contributed by atoms with van der Waals surface area (Å²) in [5, 5.41) is 7.03. The molecule has 22 heavy (non-hydrogen) atoms. The smallest absolute Gasteiger partial charge is 0.223 e. The number of hydrogen-bond acceptors (Lipinski definition) is 3. The Hall–Kier alpha value is -0.970. The van der Waals surface area contributed by atoms with Crippen LogP contribution in [0, 0.1) is 11.3 Å². The topological polar surface area (TPSA) is 50.4 Å². The lowest BCUT2D eigenvalue weighted by atomic mass is 9.92. The molecule has 1 unspecified atom stereocenters. The molecular formula is C16H22Cl2N2O2. The summed E-state index contributed by atoms with van der Waals surface area (Å²) in [4.78, 5) is 12.1. The molecule has 0 radical (unpaired) electrons. The molecule has 4 nitrogen and oxygen atoms in total. The number of rotatable bonds is 5. The molecule has 1 spiro atoms. The molecule has 1 aromatic carbocycles. The minimum absolute atomic E-state index is 0. The van der Waals surface area contributed by atoms with Crippen molar-refractivity contribution in [3.8, 4) is 5.75 Å². The van der Waals surface area contributed by atoms with E-state index in [1.807, 2.05) is 12.1 Å². The molecule has 122 valence electrons. The number of carbonyl (C=O) groups is 1. The number of amides is 1. The van der Waals surface area contributed by atoms with E-state index in [0.29, 0.717) is 23.6 Å². The second-order valence-electron chi connectivity index (χ2n) is 5.96. The Morgan fingerprint density at radius 1 is 1.32 bits per heavy atom. The van der Waals surface area contributed by atoms with Gasteiger partial charge in [0, 0.05) is 10.9 Å². The number of benzene rings is 1. The summed E-state index contributed by atoms with van der Waals surface area (Å²) >= 11 is 5.81. The van der Waals surface area contributed by atoms with Crippen LogP contribution in [0.2, 0.25) is 5.02 Å². The Kier molecular flexibility index (Phi) is 5.95. The average molecular weight is 345 g/mol. The maximum Gasteiger partial charge on any atom is 0.223 e. The third-order valence-corrected chi connectivity index (χ3v) is 4.84. The Morgan fingerprint density at radius 3 is 2.68 bits per heavy atom. The monoisotopic (exact) mass is 344 g/mol. The molecule has 0 bridgehead atoms. The normalized spacial score (nSPS) is 21.8. The fraction of sp³-hybridized carbons (Fsp3) is 0.562. The first-order valence-electron chi connectivity index (χ1n) is 7.56. The van der Waals surface area contributed by atoms with Gasteiger partial charge in [0.15, 0.2) is 0 Å². The zero-order chi connectivity index (χ0) is 14.7. The number of hydrogen-bond donors (Lipinski definition) is 2. The number of ether oxygens (including phenoxy) is 1. The van der Waals surface area contributed by atoms with E-state index < -0.39 is 0 Å². The first-order valence-corrected chi connectivity index (χ1v) is 7.94. The predicted octanol–water partition coefficient (Wildman–Crippen LogP) is 2.65.